The number of aromatic hydroxyl groups is 1. The summed E-state index contributed by atoms with van der Waals surface area (Å²) in [6.45, 7) is -0.675. The summed E-state index contributed by atoms with van der Waals surface area (Å²) in [5, 5.41) is 48.1. The van der Waals surface area contributed by atoms with Gasteiger partial charge in [-0.1, -0.05) is 0 Å². The van der Waals surface area contributed by atoms with Gasteiger partial charge in [0.05, 0.1) is 6.61 Å². The van der Waals surface area contributed by atoms with Crippen LogP contribution in [0.5, 0.6) is 5.88 Å². The van der Waals surface area contributed by atoms with Gasteiger partial charge in [0.1, 0.15) is 36.1 Å². The maximum absolute atomic E-state index is 12.0. The number of hydrogen-bond acceptors (Lipinski definition) is 8. The Bertz CT molecular complexity index is 636. The smallest absolute Gasteiger partial charge is 0.330 e. The van der Waals surface area contributed by atoms with Crippen molar-refractivity contribution in [3.63, 3.8) is 0 Å². The fraction of sp³-hybridized carbons (Fsp3) is 0.636. The first-order chi connectivity index (χ1) is 9.79. The lowest BCUT2D eigenvalue weighted by atomic mass is 9.92. The molecule has 0 bridgehead atoms. The number of H-pyrrole nitrogens is 1. The Morgan fingerprint density at radius 3 is 2.38 bits per heavy atom. The molecule has 118 valence electrons. The molecule has 1 saturated heterocycles. The fourth-order valence-electron chi connectivity index (χ4n) is 2.22. The summed E-state index contributed by atoms with van der Waals surface area (Å²) in [6.07, 6.45) is -7.76. The predicted molar refractivity (Wildman–Crippen MR) is 66.7 cm³/mol. The number of ether oxygens (including phenoxy) is 1. The summed E-state index contributed by atoms with van der Waals surface area (Å²) in [5.74, 6) is -0.813. The Kier molecular flexibility index (Phi) is 4.16. The number of rotatable bonds is 2. The van der Waals surface area contributed by atoms with Crippen LogP contribution >= 0.6 is 0 Å². The zero-order chi connectivity index (χ0) is 15.9. The number of aromatic nitrogens is 2. The summed E-state index contributed by atoms with van der Waals surface area (Å²) in [7, 11) is 1.15. The average Bonchev–Trinajstić information content (AvgIpc) is 2.45. The quantitative estimate of drug-likeness (QED) is 0.325. The van der Waals surface area contributed by atoms with Crippen LogP contribution in [0.25, 0.3) is 0 Å². The van der Waals surface area contributed by atoms with Crippen molar-refractivity contribution >= 4 is 0 Å². The molecule has 1 aliphatic heterocycles. The van der Waals surface area contributed by atoms with E-state index in [1.165, 1.54) is 0 Å². The molecule has 5 atom stereocenters. The number of aliphatic hydroxyl groups excluding tert-OH is 4. The maximum Gasteiger partial charge on any atom is 0.330 e. The molecule has 0 aliphatic carbocycles. The molecule has 0 amide bonds. The van der Waals surface area contributed by atoms with Crippen LogP contribution in [-0.4, -0.2) is 66.1 Å². The molecule has 1 aliphatic rings. The lowest BCUT2D eigenvalue weighted by Crippen LogP contribution is -2.56. The van der Waals surface area contributed by atoms with Gasteiger partial charge in [-0.2, -0.15) is 0 Å². The van der Waals surface area contributed by atoms with Gasteiger partial charge in [-0.3, -0.25) is 14.3 Å². The van der Waals surface area contributed by atoms with Crippen molar-refractivity contribution in [3.05, 3.63) is 26.4 Å². The van der Waals surface area contributed by atoms with E-state index in [1.54, 1.807) is 0 Å². The molecular weight excluding hydrogens is 288 g/mol. The molecule has 1 aromatic heterocycles. The molecule has 0 radical (unpaired) electrons. The van der Waals surface area contributed by atoms with Crippen LogP contribution in [0.15, 0.2) is 9.59 Å². The Morgan fingerprint density at radius 2 is 1.81 bits per heavy atom. The van der Waals surface area contributed by atoms with E-state index >= 15 is 0 Å². The first-order valence-electron chi connectivity index (χ1n) is 6.12. The minimum Gasteiger partial charge on any atom is -0.494 e. The molecule has 1 unspecified atom stereocenters. The minimum absolute atomic E-state index is 0.478. The number of aromatic amines is 1. The van der Waals surface area contributed by atoms with Crippen LogP contribution in [-0.2, 0) is 11.8 Å². The van der Waals surface area contributed by atoms with E-state index in [0.717, 1.165) is 7.05 Å². The minimum atomic E-state index is -1.73. The van der Waals surface area contributed by atoms with Crippen LogP contribution in [0.2, 0.25) is 0 Å². The van der Waals surface area contributed by atoms with Gasteiger partial charge in [-0.25, -0.2) is 4.79 Å². The zero-order valence-corrected chi connectivity index (χ0v) is 11.0. The highest BCUT2D eigenvalue weighted by Crippen LogP contribution is 2.33. The second-order valence-electron chi connectivity index (χ2n) is 4.81. The molecule has 0 saturated carbocycles. The molecule has 21 heavy (non-hydrogen) atoms. The Balaban J connectivity index is 2.53. The molecule has 10 nitrogen and oxygen atoms in total. The third-order valence-corrected chi connectivity index (χ3v) is 3.50. The van der Waals surface area contributed by atoms with Gasteiger partial charge in [0.15, 0.2) is 0 Å². The summed E-state index contributed by atoms with van der Waals surface area (Å²) in [4.78, 5) is 25.3. The van der Waals surface area contributed by atoms with Crippen molar-refractivity contribution < 1.29 is 30.3 Å². The molecule has 6 N–H and O–H groups in total. The Hall–Kier alpha value is -1.72. The summed E-state index contributed by atoms with van der Waals surface area (Å²) < 4.78 is 5.82. The number of aliphatic hydroxyl groups is 4. The van der Waals surface area contributed by atoms with Gasteiger partial charge in [-0.15, -0.1) is 0 Å². The second kappa shape index (κ2) is 5.58. The van der Waals surface area contributed by atoms with Crippen molar-refractivity contribution in [2.75, 3.05) is 6.61 Å². The molecular formula is C11H16N2O8. The van der Waals surface area contributed by atoms with Gasteiger partial charge in [0, 0.05) is 7.05 Å². The van der Waals surface area contributed by atoms with Crippen LogP contribution in [0, 0.1) is 0 Å². The van der Waals surface area contributed by atoms with E-state index in [1.807, 2.05) is 4.98 Å². The lowest BCUT2D eigenvalue weighted by molar-refractivity contribution is -0.232. The standard InChI is InChI=1S/C11H16N2O8/c1-13-10(19)4(9(18)12-11(13)20)8-7(17)6(16)5(15)3(2-14)21-8/h3,5-8,14-18H,2H2,1H3,(H,12,20)/t3-,5-,6+,7-,8?/m1/s1. The Morgan fingerprint density at radius 1 is 1.19 bits per heavy atom. The van der Waals surface area contributed by atoms with E-state index in [2.05, 4.69) is 0 Å². The van der Waals surface area contributed by atoms with Crippen molar-refractivity contribution in [2.45, 2.75) is 30.5 Å². The lowest BCUT2D eigenvalue weighted by Gasteiger charge is -2.39. The highest BCUT2D eigenvalue weighted by atomic mass is 16.5. The zero-order valence-electron chi connectivity index (χ0n) is 11.0. The van der Waals surface area contributed by atoms with Gasteiger partial charge in [0.2, 0.25) is 5.88 Å². The van der Waals surface area contributed by atoms with E-state index in [9.17, 15) is 30.0 Å². The molecule has 2 heterocycles. The highest BCUT2D eigenvalue weighted by molar-refractivity contribution is 5.26. The van der Waals surface area contributed by atoms with E-state index in [0.29, 0.717) is 4.57 Å². The normalized spacial score (nSPS) is 33.1. The third-order valence-electron chi connectivity index (χ3n) is 3.50. The van der Waals surface area contributed by atoms with Gasteiger partial charge in [0.25, 0.3) is 5.56 Å². The van der Waals surface area contributed by atoms with Gasteiger partial charge in [-0.05, 0) is 0 Å². The van der Waals surface area contributed by atoms with Crippen LogP contribution in [0.4, 0.5) is 0 Å². The first-order valence-corrected chi connectivity index (χ1v) is 6.12. The first kappa shape index (κ1) is 15.7. The second-order valence-corrected chi connectivity index (χ2v) is 4.81. The van der Waals surface area contributed by atoms with E-state index < -0.39 is 59.8 Å². The summed E-state index contributed by atoms with van der Waals surface area (Å²) in [5.41, 5.74) is -2.28. The van der Waals surface area contributed by atoms with Crippen LogP contribution in [0.1, 0.15) is 11.7 Å². The monoisotopic (exact) mass is 304 g/mol. The van der Waals surface area contributed by atoms with Crippen LogP contribution < -0.4 is 11.2 Å². The van der Waals surface area contributed by atoms with Crippen molar-refractivity contribution in [1.29, 1.82) is 0 Å². The highest BCUT2D eigenvalue weighted by Gasteiger charge is 2.46. The Labute approximate surface area is 117 Å². The molecule has 0 aromatic carbocycles. The summed E-state index contributed by atoms with van der Waals surface area (Å²) >= 11 is 0. The number of hydrogen-bond donors (Lipinski definition) is 6. The predicted octanol–water partition coefficient (Wildman–Crippen LogP) is -3.71. The largest absolute Gasteiger partial charge is 0.494 e. The SMILES string of the molecule is Cn1c(=O)[nH]c(O)c(C2O[C@H](CO)[C@@H](O)[C@H](O)[C@H]2O)c1=O. The van der Waals surface area contributed by atoms with E-state index in [-0.39, 0.29) is 0 Å². The molecule has 2 rings (SSSR count). The van der Waals surface area contributed by atoms with Gasteiger partial charge >= 0.3 is 5.69 Å². The van der Waals surface area contributed by atoms with Crippen molar-refractivity contribution in [3.8, 4) is 5.88 Å². The van der Waals surface area contributed by atoms with E-state index in [4.69, 9.17) is 9.84 Å². The van der Waals surface area contributed by atoms with Crippen LogP contribution in [0.3, 0.4) is 0 Å². The molecule has 1 aromatic rings. The number of nitrogens with one attached hydrogen (secondary N) is 1. The average molecular weight is 304 g/mol. The van der Waals surface area contributed by atoms with Gasteiger partial charge < -0.3 is 30.3 Å². The molecule has 1 fully saturated rings. The molecule has 0 spiro atoms. The molecule has 10 heteroatoms. The maximum atomic E-state index is 12.0. The third kappa shape index (κ3) is 2.47. The number of nitrogens with zero attached hydrogens (tertiary/aromatic N) is 1. The van der Waals surface area contributed by atoms with Crippen molar-refractivity contribution in [2.24, 2.45) is 7.05 Å². The fourth-order valence-corrected chi connectivity index (χ4v) is 2.22. The summed E-state index contributed by atoms with van der Waals surface area (Å²) in [6, 6.07) is 0. The topological polar surface area (TPSA) is 165 Å². The van der Waals surface area contributed by atoms with Crippen molar-refractivity contribution in [1.82, 2.24) is 9.55 Å².